The smallest absolute Gasteiger partial charge is 0.261 e. The summed E-state index contributed by atoms with van der Waals surface area (Å²) >= 11 is 0. The second kappa shape index (κ2) is 11.8. The third-order valence-electron chi connectivity index (χ3n) is 4.94. The Bertz CT molecular complexity index is 918. The van der Waals surface area contributed by atoms with E-state index >= 15 is 0 Å². The Balaban J connectivity index is 2.40. The number of hydrogen-bond acceptors (Lipinski definition) is 6. The fourth-order valence-electron chi connectivity index (χ4n) is 3.26. The fourth-order valence-corrected chi connectivity index (χ4v) is 4.86. The van der Waals surface area contributed by atoms with Gasteiger partial charge in [-0.05, 0) is 63.3 Å². The van der Waals surface area contributed by atoms with E-state index in [1.165, 1.54) is 19.2 Å². The van der Waals surface area contributed by atoms with Crippen LogP contribution < -0.4 is 10.2 Å². The van der Waals surface area contributed by atoms with E-state index in [0.29, 0.717) is 12.2 Å². The Kier molecular flexibility index (Phi) is 9.44. The molecule has 170 valence electrons. The predicted octanol–water partition coefficient (Wildman–Crippen LogP) is 2.49. The average molecular weight is 450 g/mol. The first-order chi connectivity index (χ1) is 14.8. The highest BCUT2D eigenvalue weighted by Crippen LogP contribution is 2.25. The van der Waals surface area contributed by atoms with Crippen molar-refractivity contribution in [1.29, 1.82) is 0 Å². The molecule has 2 N–H and O–H groups in total. The van der Waals surface area contributed by atoms with Gasteiger partial charge in [-0.2, -0.15) is 4.31 Å². The summed E-state index contributed by atoms with van der Waals surface area (Å²) in [6.07, 6.45) is 1.70. The highest BCUT2D eigenvalue weighted by atomic mass is 32.2. The number of nitrogens with one attached hydrogen (secondary N) is 1. The van der Waals surface area contributed by atoms with E-state index in [4.69, 9.17) is 4.74 Å². The summed E-state index contributed by atoms with van der Waals surface area (Å²) in [6, 6.07) is 14.0. The molecular weight excluding hydrogens is 418 g/mol. The zero-order chi connectivity index (χ0) is 22.9. The molecule has 2 rings (SSSR count). The number of hydroxylamine groups is 1. The summed E-state index contributed by atoms with van der Waals surface area (Å²) in [5, 5.41) is 9.32. The highest BCUT2D eigenvalue weighted by molar-refractivity contribution is 7.89. The minimum atomic E-state index is -4.04. The molecule has 1 amide bonds. The first-order valence-corrected chi connectivity index (χ1v) is 11.5. The molecule has 0 aliphatic rings. The van der Waals surface area contributed by atoms with Gasteiger partial charge in [0.25, 0.3) is 5.91 Å². The summed E-state index contributed by atoms with van der Waals surface area (Å²) in [5.74, 6) is -0.222. The minimum Gasteiger partial charge on any atom is -0.497 e. The molecule has 8 nitrogen and oxygen atoms in total. The van der Waals surface area contributed by atoms with E-state index in [-0.39, 0.29) is 17.9 Å². The van der Waals surface area contributed by atoms with Crippen LogP contribution in [0.5, 0.6) is 5.75 Å². The van der Waals surface area contributed by atoms with Crippen LogP contribution in [0.4, 0.5) is 0 Å². The molecule has 0 fully saturated rings. The maximum Gasteiger partial charge on any atom is 0.261 e. The summed E-state index contributed by atoms with van der Waals surface area (Å²) in [4.78, 5) is 14.6. The molecule has 0 saturated carbocycles. The van der Waals surface area contributed by atoms with E-state index in [1.54, 1.807) is 29.7 Å². The number of hydrogen-bond donors (Lipinski definition) is 2. The van der Waals surface area contributed by atoms with E-state index in [0.717, 1.165) is 22.8 Å². The molecule has 0 heterocycles. The summed E-state index contributed by atoms with van der Waals surface area (Å²) < 4.78 is 33.4. The van der Waals surface area contributed by atoms with Crippen molar-refractivity contribution in [2.45, 2.75) is 36.7 Å². The van der Waals surface area contributed by atoms with Gasteiger partial charge < -0.3 is 9.64 Å². The molecule has 1 atom stereocenters. The maximum atomic E-state index is 13.6. The number of ether oxygens (including phenoxy) is 1. The number of nitrogens with zero attached hydrogens (tertiary/aromatic N) is 2. The second-order valence-corrected chi connectivity index (χ2v) is 9.39. The molecule has 0 spiro atoms. The van der Waals surface area contributed by atoms with Crippen molar-refractivity contribution in [1.82, 2.24) is 14.7 Å². The van der Waals surface area contributed by atoms with E-state index in [9.17, 15) is 18.4 Å². The molecule has 0 saturated heterocycles. The lowest BCUT2D eigenvalue weighted by atomic mass is 10.1. The van der Waals surface area contributed by atoms with Gasteiger partial charge in [0.05, 0.1) is 12.0 Å². The molecule has 9 heteroatoms. The summed E-state index contributed by atoms with van der Waals surface area (Å²) in [6.45, 7) is 0.818. The maximum absolute atomic E-state index is 13.6. The van der Waals surface area contributed by atoms with Crippen LogP contribution in [0.15, 0.2) is 59.5 Å². The first-order valence-electron chi connectivity index (χ1n) is 10.1. The highest BCUT2D eigenvalue weighted by Gasteiger charge is 2.35. The number of carbonyl (C=O) groups is 1. The number of amides is 1. The minimum absolute atomic E-state index is 0.000962. The van der Waals surface area contributed by atoms with Gasteiger partial charge in [-0.3, -0.25) is 10.0 Å². The van der Waals surface area contributed by atoms with Gasteiger partial charge in [-0.1, -0.05) is 36.8 Å². The topological polar surface area (TPSA) is 99.2 Å². The van der Waals surface area contributed by atoms with Crippen molar-refractivity contribution in [2.75, 3.05) is 27.7 Å². The van der Waals surface area contributed by atoms with Crippen LogP contribution in [-0.4, -0.2) is 62.5 Å². The SMILES string of the molecule is COc1ccc(S(=O)(=O)N(Cc2ccccc2)C(CCCCN(C)C)C(=O)NO)cc1. The van der Waals surface area contributed by atoms with Crippen molar-refractivity contribution < 1.29 is 23.2 Å². The van der Waals surface area contributed by atoms with Crippen molar-refractivity contribution in [3.8, 4) is 5.75 Å². The zero-order valence-electron chi connectivity index (χ0n) is 18.2. The van der Waals surface area contributed by atoms with Gasteiger partial charge in [-0.15, -0.1) is 0 Å². The Morgan fingerprint density at radius 1 is 1.06 bits per heavy atom. The number of unbranched alkanes of at least 4 members (excludes halogenated alkanes) is 1. The molecule has 0 bridgehead atoms. The van der Waals surface area contributed by atoms with Crippen LogP contribution in [-0.2, 0) is 21.4 Å². The largest absolute Gasteiger partial charge is 0.497 e. The monoisotopic (exact) mass is 449 g/mol. The van der Waals surface area contributed by atoms with Gasteiger partial charge in [0.2, 0.25) is 10.0 Å². The zero-order valence-corrected chi connectivity index (χ0v) is 19.0. The van der Waals surface area contributed by atoms with Crippen molar-refractivity contribution in [2.24, 2.45) is 0 Å². The molecule has 1 unspecified atom stereocenters. The van der Waals surface area contributed by atoms with Crippen molar-refractivity contribution in [3.63, 3.8) is 0 Å². The van der Waals surface area contributed by atoms with Gasteiger partial charge in [0, 0.05) is 6.54 Å². The molecular formula is C22H31N3O5S. The predicted molar refractivity (Wildman–Crippen MR) is 118 cm³/mol. The second-order valence-electron chi connectivity index (χ2n) is 7.50. The third-order valence-corrected chi connectivity index (χ3v) is 6.81. The van der Waals surface area contributed by atoms with Crippen LogP contribution in [0.1, 0.15) is 24.8 Å². The number of sulfonamides is 1. The van der Waals surface area contributed by atoms with Gasteiger partial charge >= 0.3 is 0 Å². The Morgan fingerprint density at radius 3 is 2.26 bits per heavy atom. The fraction of sp³-hybridized carbons (Fsp3) is 0.409. The Hall–Kier alpha value is -2.46. The molecule has 31 heavy (non-hydrogen) atoms. The number of rotatable bonds is 12. The Labute approximate surface area is 184 Å². The van der Waals surface area contributed by atoms with E-state index in [2.05, 4.69) is 0 Å². The molecule has 0 aliphatic heterocycles. The van der Waals surface area contributed by atoms with Gasteiger partial charge in [0.1, 0.15) is 11.8 Å². The van der Waals surface area contributed by atoms with Crippen molar-refractivity contribution >= 4 is 15.9 Å². The van der Waals surface area contributed by atoms with Crippen LogP contribution >= 0.6 is 0 Å². The number of benzene rings is 2. The average Bonchev–Trinajstić information content (AvgIpc) is 2.78. The summed E-state index contributed by atoms with van der Waals surface area (Å²) in [5.41, 5.74) is 2.39. The molecule has 0 radical (unpaired) electrons. The lowest BCUT2D eigenvalue weighted by Crippen LogP contribution is -2.48. The number of methoxy groups -OCH3 is 1. The molecule has 2 aromatic rings. The molecule has 2 aromatic carbocycles. The van der Waals surface area contributed by atoms with Gasteiger partial charge in [-0.25, -0.2) is 13.9 Å². The van der Waals surface area contributed by atoms with Crippen LogP contribution in [0.3, 0.4) is 0 Å². The number of carbonyl (C=O) groups excluding carboxylic acids is 1. The van der Waals surface area contributed by atoms with E-state index in [1.807, 2.05) is 37.2 Å². The van der Waals surface area contributed by atoms with Crippen LogP contribution in [0.25, 0.3) is 0 Å². The normalized spacial score (nSPS) is 12.7. The van der Waals surface area contributed by atoms with Gasteiger partial charge in [0.15, 0.2) is 0 Å². The lowest BCUT2D eigenvalue weighted by molar-refractivity contribution is -0.133. The Morgan fingerprint density at radius 2 is 1.71 bits per heavy atom. The molecule has 0 aliphatic carbocycles. The lowest BCUT2D eigenvalue weighted by Gasteiger charge is -2.30. The standard InChI is InChI=1S/C22H31N3O5S/c1-24(2)16-8-7-11-21(22(26)23-27)25(17-18-9-5-4-6-10-18)31(28,29)20-14-12-19(30-3)13-15-20/h4-6,9-10,12-15,21,27H,7-8,11,16-17H2,1-3H3,(H,23,26). The van der Waals surface area contributed by atoms with Crippen LogP contribution in [0, 0.1) is 0 Å². The third kappa shape index (κ3) is 7.03. The van der Waals surface area contributed by atoms with Crippen LogP contribution in [0.2, 0.25) is 0 Å². The van der Waals surface area contributed by atoms with E-state index < -0.39 is 22.0 Å². The quantitative estimate of drug-likeness (QED) is 0.293. The molecule has 0 aromatic heterocycles. The summed E-state index contributed by atoms with van der Waals surface area (Å²) in [7, 11) is 1.37. The first kappa shape index (κ1) is 24.8. The van der Waals surface area contributed by atoms with Crippen molar-refractivity contribution in [3.05, 3.63) is 60.2 Å².